The maximum absolute atomic E-state index is 10.1. The van der Waals surface area contributed by atoms with Gasteiger partial charge in [0.2, 0.25) is 0 Å². The number of aliphatic imine (C=N–C) groups is 1. The zero-order valence-electron chi connectivity index (χ0n) is 8.30. The molecule has 0 saturated carbocycles. The van der Waals surface area contributed by atoms with E-state index in [1.165, 1.54) is 18.3 Å². The Morgan fingerprint density at radius 1 is 1.38 bits per heavy atom. The van der Waals surface area contributed by atoms with Gasteiger partial charge in [0, 0.05) is 35.8 Å². The Morgan fingerprint density at radius 3 is 2.62 bits per heavy atom. The number of nitrogens with zero attached hydrogens (tertiary/aromatic N) is 1. The summed E-state index contributed by atoms with van der Waals surface area (Å²) in [7, 11) is 0. The number of benzene rings is 1. The van der Waals surface area contributed by atoms with Crippen molar-refractivity contribution in [3.8, 4) is 11.5 Å². The predicted molar refractivity (Wildman–Crippen MR) is 54.5 cm³/mol. The van der Waals surface area contributed by atoms with Gasteiger partial charge in [-0.05, 0) is 11.6 Å². The minimum atomic E-state index is -0.999. The number of rotatable bonds is 4. The van der Waals surface area contributed by atoms with Crippen LogP contribution >= 0.6 is 0 Å². The van der Waals surface area contributed by atoms with Crippen LogP contribution in [0.4, 0.5) is 0 Å². The van der Waals surface area contributed by atoms with E-state index in [4.69, 9.17) is 10.2 Å². The van der Waals surface area contributed by atoms with E-state index < -0.39 is 5.97 Å². The van der Waals surface area contributed by atoms with Gasteiger partial charge in [-0.15, -0.1) is 0 Å². The average Bonchev–Trinajstić information content (AvgIpc) is 2.14. The molecule has 0 aliphatic heterocycles. The first-order valence-corrected chi connectivity index (χ1v) is 4.30. The van der Waals surface area contributed by atoms with E-state index in [1.807, 2.05) is 0 Å². The fourth-order valence-electron chi connectivity index (χ4n) is 1.03. The van der Waals surface area contributed by atoms with Gasteiger partial charge in [-0.25, -0.2) is 0 Å². The summed E-state index contributed by atoms with van der Waals surface area (Å²) in [6, 6.07) is 4.22. The number of aliphatic carboxylic acids is 1. The maximum Gasteiger partial charge on any atom is 0.325 e. The molecule has 1 rings (SSSR count). The third-order valence-corrected chi connectivity index (χ3v) is 1.74. The molecule has 0 aromatic heterocycles. The average molecular weight is 264 g/mol. The zero-order valence-corrected chi connectivity index (χ0v) is 9.48. The number of carboxylic acids is 1. The van der Waals surface area contributed by atoms with E-state index in [1.54, 1.807) is 6.07 Å². The van der Waals surface area contributed by atoms with Gasteiger partial charge in [0.1, 0.15) is 18.0 Å². The minimum absolute atomic E-state index is 0. The van der Waals surface area contributed by atoms with E-state index in [0.717, 1.165) is 0 Å². The van der Waals surface area contributed by atoms with Crippen LogP contribution in [0.1, 0.15) is 5.56 Å². The first kappa shape index (κ1) is 14.5. The second-order valence-electron chi connectivity index (χ2n) is 2.93. The first-order chi connectivity index (χ1) is 7.09. The van der Waals surface area contributed by atoms with Gasteiger partial charge in [0.05, 0.1) is 0 Å². The predicted octanol–water partition coefficient (Wildman–Crippen LogP) is 0.793. The molecule has 5 nitrogen and oxygen atoms in total. The molecule has 1 aromatic carbocycles. The Balaban J connectivity index is 0.00000225. The molecular formula is C10H11MnNO4. The third-order valence-electron chi connectivity index (χ3n) is 1.74. The largest absolute Gasteiger partial charge is 0.508 e. The third kappa shape index (κ3) is 4.82. The Labute approximate surface area is 103 Å². The van der Waals surface area contributed by atoms with Crippen molar-refractivity contribution >= 4 is 12.2 Å². The molecule has 6 heteroatoms. The van der Waals surface area contributed by atoms with E-state index >= 15 is 0 Å². The summed E-state index contributed by atoms with van der Waals surface area (Å²) in [4.78, 5) is 13.8. The fourth-order valence-corrected chi connectivity index (χ4v) is 1.03. The normalized spacial score (nSPS) is 10.0. The van der Waals surface area contributed by atoms with Gasteiger partial charge in [-0.3, -0.25) is 9.79 Å². The maximum atomic E-state index is 10.1. The summed E-state index contributed by atoms with van der Waals surface area (Å²) in [5, 5.41) is 26.7. The monoisotopic (exact) mass is 264 g/mol. The summed E-state index contributed by atoms with van der Waals surface area (Å²) >= 11 is 0. The Morgan fingerprint density at radius 2 is 2.06 bits per heavy atom. The molecule has 0 unspecified atom stereocenters. The first-order valence-electron chi connectivity index (χ1n) is 4.30. The standard InChI is InChI=1S/C10H11NO4.Mn/c12-8-2-1-7(9(13)5-8)3-4-11-6-10(14)15;/h1-2,4-5,12-13H,3,6H2,(H,14,15);. The van der Waals surface area contributed by atoms with E-state index in [9.17, 15) is 9.90 Å². The molecule has 0 atom stereocenters. The molecule has 0 bridgehead atoms. The zero-order chi connectivity index (χ0) is 11.3. The van der Waals surface area contributed by atoms with Crippen LogP contribution in [-0.2, 0) is 28.3 Å². The summed E-state index contributed by atoms with van der Waals surface area (Å²) < 4.78 is 0. The van der Waals surface area contributed by atoms with Crippen molar-refractivity contribution in [3.05, 3.63) is 23.8 Å². The van der Waals surface area contributed by atoms with Crippen molar-refractivity contribution in [1.29, 1.82) is 0 Å². The van der Waals surface area contributed by atoms with Gasteiger partial charge < -0.3 is 15.3 Å². The van der Waals surface area contributed by atoms with Gasteiger partial charge in [0.25, 0.3) is 0 Å². The van der Waals surface area contributed by atoms with Crippen LogP contribution in [0.5, 0.6) is 11.5 Å². The molecule has 0 amide bonds. The minimum Gasteiger partial charge on any atom is -0.508 e. The molecule has 1 aromatic rings. The smallest absolute Gasteiger partial charge is 0.325 e. The fraction of sp³-hybridized carbons (Fsp3) is 0.200. The van der Waals surface area contributed by atoms with Crippen molar-refractivity contribution < 1.29 is 37.2 Å². The van der Waals surface area contributed by atoms with Crippen molar-refractivity contribution in [1.82, 2.24) is 0 Å². The van der Waals surface area contributed by atoms with E-state index in [2.05, 4.69) is 4.99 Å². The van der Waals surface area contributed by atoms with Gasteiger partial charge in [-0.1, -0.05) is 6.07 Å². The van der Waals surface area contributed by atoms with Crippen LogP contribution < -0.4 is 0 Å². The quantitative estimate of drug-likeness (QED) is 0.554. The number of aromatic hydroxyl groups is 2. The SMILES string of the molecule is O=C(O)CN=CCc1ccc(O)cc1O.[Mn]. The number of carbonyl (C=O) groups is 1. The molecule has 3 N–H and O–H groups in total. The van der Waals surface area contributed by atoms with Crippen LogP contribution in [0.3, 0.4) is 0 Å². The number of carboxylic acid groups (broad SMARTS) is 1. The van der Waals surface area contributed by atoms with Crippen molar-refractivity contribution in [2.75, 3.05) is 6.54 Å². The molecular weight excluding hydrogens is 253 g/mol. The molecule has 1 radical (unpaired) electrons. The van der Waals surface area contributed by atoms with Crippen LogP contribution in [0.15, 0.2) is 23.2 Å². The van der Waals surface area contributed by atoms with Gasteiger partial charge in [0.15, 0.2) is 0 Å². The molecule has 0 aliphatic rings. The van der Waals surface area contributed by atoms with Gasteiger partial charge in [-0.2, -0.15) is 0 Å². The Bertz CT molecular complexity index is 392. The van der Waals surface area contributed by atoms with Crippen LogP contribution in [0.2, 0.25) is 0 Å². The van der Waals surface area contributed by atoms with Crippen molar-refractivity contribution in [2.45, 2.75) is 6.42 Å². The summed E-state index contributed by atoms with van der Waals surface area (Å²) in [5.41, 5.74) is 0.585. The van der Waals surface area contributed by atoms with Crippen LogP contribution in [0, 0.1) is 0 Å². The summed E-state index contributed by atoms with van der Waals surface area (Å²) in [5.74, 6) is -1.04. The Hall–Kier alpha value is -1.52. The molecule has 0 heterocycles. The second-order valence-corrected chi connectivity index (χ2v) is 2.93. The van der Waals surface area contributed by atoms with Crippen molar-refractivity contribution in [3.63, 3.8) is 0 Å². The van der Waals surface area contributed by atoms with E-state index in [0.29, 0.717) is 12.0 Å². The summed E-state index contributed by atoms with van der Waals surface area (Å²) in [6.45, 7) is -0.279. The number of hydrogen-bond acceptors (Lipinski definition) is 4. The van der Waals surface area contributed by atoms with Crippen LogP contribution in [0.25, 0.3) is 0 Å². The summed E-state index contributed by atoms with van der Waals surface area (Å²) in [6.07, 6.45) is 1.75. The number of phenolic OH excluding ortho intramolecular Hbond substituents is 2. The molecule has 0 fully saturated rings. The second kappa shape index (κ2) is 6.87. The van der Waals surface area contributed by atoms with E-state index in [-0.39, 0.29) is 35.1 Å². The number of hydrogen-bond donors (Lipinski definition) is 3. The molecule has 0 aliphatic carbocycles. The molecule has 16 heavy (non-hydrogen) atoms. The Kier molecular flexibility index (Phi) is 6.22. The molecule has 0 saturated heterocycles. The van der Waals surface area contributed by atoms with Crippen molar-refractivity contribution in [2.24, 2.45) is 4.99 Å². The van der Waals surface area contributed by atoms with Gasteiger partial charge >= 0.3 is 5.97 Å². The topological polar surface area (TPSA) is 90.1 Å². The van der Waals surface area contributed by atoms with Crippen LogP contribution in [-0.4, -0.2) is 34.0 Å². The number of phenols is 2. The molecule has 87 valence electrons. The molecule has 0 spiro atoms.